The van der Waals surface area contributed by atoms with E-state index in [0.29, 0.717) is 17.6 Å². The molecule has 6 heteroatoms. The highest BCUT2D eigenvalue weighted by atomic mass is 16.4. The van der Waals surface area contributed by atoms with Crippen LogP contribution in [0, 0.1) is 0 Å². The molecule has 0 amide bonds. The second-order valence-electron chi connectivity index (χ2n) is 9.30. The van der Waals surface area contributed by atoms with Crippen LogP contribution in [0.3, 0.4) is 0 Å². The van der Waals surface area contributed by atoms with E-state index in [1.807, 2.05) is 18.2 Å². The van der Waals surface area contributed by atoms with E-state index in [-0.39, 0.29) is 11.7 Å². The average molecular weight is 426 g/mol. The van der Waals surface area contributed by atoms with Crippen molar-refractivity contribution in [2.45, 2.75) is 95.7 Å². The molecule has 6 nitrogen and oxygen atoms in total. The first-order valence-electron chi connectivity index (χ1n) is 12.1. The average Bonchev–Trinajstić information content (AvgIpc) is 2.99. The van der Waals surface area contributed by atoms with Gasteiger partial charge in [-0.2, -0.15) is 0 Å². The van der Waals surface area contributed by atoms with Gasteiger partial charge in [0.25, 0.3) is 5.56 Å². The molecule has 1 aromatic carbocycles. The Hall–Kier alpha value is -2.21. The Morgan fingerprint density at radius 2 is 1.65 bits per heavy atom. The molecule has 2 aliphatic heterocycles. The van der Waals surface area contributed by atoms with E-state index in [1.54, 1.807) is 10.6 Å². The molecule has 1 unspecified atom stereocenters. The normalized spacial score (nSPS) is 23.5. The largest absolute Gasteiger partial charge is 0.476 e. The third-order valence-corrected chi connectivity index (χ3v) is 7.24. The topological polar surface area (TPSA) is 75.4 Å². The number of carboxylic acid groups (broad SMARTS) is 1. The van der Waals surface area contributed by atoms with Gasteiger partial charge < -0.3 is 9.67 Å². The van der Waals surface area contributed by atoms with Gasteiger partial charge in [-0.25, -0.2) is 9.78 Å². The number of carboxylic acids is 1. The van der Waals surface area contributed by atoms with Gasteiger partial charge in [-0.15, -0.1) is 0 Å². The number of piperidine rings is 1. The molecule has 2 bridgehead atoms. The van der Waals surface area contributed by atoms with E-state index in [2.05, 4.69) is 16.8 Å². The first kappa shape index (κ1) is 22.0. The van der Waals surface area contributed by atoms with Gasteiger partial charge in [-0.05, 0) is 50.8 Å². The Kier molecular flexibility index (Phi) is 7.06. The van der Waals surface area contributed by atoms with Crippen LogP contribution in [0.4, 0.5) is 0 Å². The van der Waals surface area contributed by atoms with Crippen LogP contribution >= 0.6 is 0 Å². The Morgan fingerprint density at radius 3 is 2.32 bits per heavy atom. The predicted molar refractivity (Wildman–Crippen MR) is 123 cm³/mol. The number of hydrogen-bond acceptors (Lipinski definition) is 4. The molecule has 2 fully saturated rings. The Labute approximate surface area is 184 Å². The molecule has 0 radical (unpaired) electrons. The van der Waals surface area contributed by atoms with E-state index in [4.69, 9.17) is 0 Å². The summed E-state index contributed by atoms with van der Waals surface area (Å²) in [6.45, 7) is 3.41. The molecular weight excluding hydrogens is 390 g/mol. The van der Waals surface area contributed by atoms with Gasteiger partial charge in [-0.3, -0.25) is 9.69 Å². The Morgan fingerprint density at radius 1 is 1.00 bits per heavy atom. The number of aromatic nitrogens is 2. The van der Waals surface area contributed by atoms with Gasteiger partial charge in [0.05, 0.1) is 11.0 Å². The summed E-state index contributed by atoms with van der Waals surface area (Å²) in [6.07, 6.45) is 13.5. The third-order valence-electron chi connectivity index (χ3n) is 7.24. The lowest BCUT2D eigenvalue weighted by Crippen LogP contribution is -2.45. The zero-order valence-corrected chi connectivity index (χ0v) is 18.6. The fraction of sp³-hybridized carbons (Fsp3) is 0.640. The molecule has 168 valence electrons. The molecule has 2 saturated heterocycles. The number of fused-ring (bicyclic) bond motifs is 3. The molecule has 3 heterocycles. The molecule has 4 rings (SSSR count). The maximum atomic E-state index is 13.1. The first-order chi connectivity index (χ1) is 15.1. The maximum Gasteiger partial charge on any atom is 0.360 e. The van der Waals surface area contributed by atoms with Gasteiger partial charge in [-0.1, -0.05) is 57.6 Å². The number of unbranched alkanes of at least 4 members (excludes halogenated alkanes) is 6. The lowest BCUT2D eigenvalue weighted by molar-refractivity contribution is 0.0686. The van der Waals surface area contributed by atoms with Crippen molar-refractivity contribution in [3.8, 4) is 0 Å². The zero-order chi connectivity index (χ0) is 21.8. The number of nitrogens with zero attached hydrogens (tertiary/aromatic N) is 3. The van der Waals surface area contributed by atoms with E-state index in [0.717, 1.165) is 24.9 Å². The number of benzene rings is 1. The smallest absolute Gasteiger partial charge is 0.360 e. The molecular formula is C25H35N3O3. The summed E-state index contributed by atoms with van der Waals surface area (Å²) in [4.78, 5) is 31.5. The van der Waals surface area contributed by atoms with Crippen LogP contribution in [0.15, 0.2) is 29.1 Å². The molecule has 2 aromatic rings. The Balaban J connectivity index is 1.46. The van der Waals surface area contributed by atoms with E-state index in [9.17, 15) is 14.7 Å². The number of para-hydroxylation sites is 2. The molecule has 31 heavy (non-hydrogen) atoms. The number of aromatic carboxylic acids is 1. The minimum absolute atomic E-state index is 0.0429. The second-order valence-corrected chi connectivity index (χ2v) is 9.30. The molecule has 1 N–H and O–H groups in total. The van der Waals surface area contributed by atoms with Crippen LogP contribution in [0.25, 0.3) is 11.0 Å². The van der Waals surface area contributed by atoms with Gasteiger partial charge in [0, 0.05) is 18.1 Å². The van der Waals surface area contributed by atoms with Crippen molar-refractivity contribution < 1.29 is 9.90 Å². The zero-order valence-electron chi connectivity index (χ0n) is 18.6. The van der Waals surface area contributed by atoms with Crippen LogP contribution in [-0.4, -0.2) is 44.2 Å². The van der Waals surface area contributed by atoms with E-state index in [1.165, 1.54) is 57.8 Å². The lowest BCUT2D eigenvalue weighted by Gasteiger charge is -2.40. The monoisotopic (exact) mass is 425 g/mol. The summed E-state index contributed by atoms with van der Waals surface area (Å²) >= 11 is 0. The van der Waals surface area contributed by atoms with Crippen LogP contribution in [-0.2, 0) is 0 Å². The molecule has 0 aliphatic carbocycles. The van der Waals surface area contributed by atoms with Gasteiger partial charge >= 0.3 is 5.97 Å². The summed E-state index contributed by atoms with van der Waals surface area (Å²) in [5.74, 6) is -1.25. The van der Waals surface area contributed by atoms with Crippen LogP contribution in [0.2, 0.25) is 0 Å². The lowest BCUT2D eigenvalue weighted by atomic mass is 9.96. The van der Waals surface area contributed by atoms with Gasteiger partial charge in [0.2, 0.25) is 5.69 Å². The second kappa shape index (κ2) is 9.94. The summed E-state index contributed by atoms with van der Waals surface area (Å²) in [5.41, 5.74) is 0.507. The molecule has 2 aliphatic rings. The molecule has 0 spiro atoms. The number of carbonyl (C=O) groups is 1. The minimum Gasteiger partial charge on any atom is -0.476 e. The third kappa shape index (κ3) is 4.69. The van der Waals surface area contributed by atoms with E-state index < -0.39 is 11.5 Å². The van der Waals surface area contributed by atoms with Gasteiger partial charge in [0.1, 0.15) is 0 Å². The van der Waals surface area contributed by atoms with Crippen molar-refractivity contribution in [1.29, 1.82) is 0 Å². The molecule has 3 atom stereocenters. The van der Waals surface area contributed by atoms with Crippen LogP contribution in [0.1, 0.15) is 94.1 Å². The van der Waals surface area contributed by atoms with Crippen LogP contribution < -0.4 is 5.56 Å². The highest BCUT2D eigenvalue weighted by Crippen LogP contribution is 2.41. The van der Waals surface area contributed by atoms with Crippen LogP contribution in [0.5, 0.6) is 0 Å². The van der Waals surface area contributed by atoms with Crippen molar-refractivity contribution in [2.75, 3.05) is 6.54 Å². The summed E-state index contributed by atoms with van der Waals surface area (Å²) < 4.78 is 1.74. The minimum atomic E-state index is -1.25. The van der Waals surface area contributed by atoms with Crippen molar-refractivity contribution in [1.82, 2.24) is 14.5 Å². The summed E-state index contributed by atoms with van der Waals surface area (Å²) in [5, 5.41) is 9.51. The number of rotatable bonds is 10. The maximum absolute atomic E-state index is 13.1. The first-order valence-corrected chi connectivity index (χ1v) is 12.1. The van der Waals surface area contributed by atoms with E-state index >= 15 is 0 Å². The highest BCUT2D eigenvalue weighted by molar-refractivity contribution is 5.88. The van der Waals surface area contributed by atoms with Crippen molar-refractivity contribution >= 4 is 17.0 Å². The summed E-state index contributed by atoms with van der Waals surface area (Å²) in [6, 6.07) is 8.45. The van der Waals surface area contributed by atoms with Crippen molar-refractivity contribution in [2.24, 2.45) is 0 Å². The predicted octanol–water partition coefficient (Wildman–Crippen LogP) is 5.01. The SMILES string of the molecule is CCCCCCCCCN1[C@@H]2CC[C@H]1CC(n1c(=O)c(C(=O)O)nc3ccccc31)C2. The fourth-order valence-electron chi connectivity index (χ4n) is 5.73. The van der Waals surface area contributed by atoms with Gasteiger partial charge in [0.15, 0.2) is 0 Å². The number of hydrogen-bond donors (Lipinski definition) is 1. The molecule has 1 aromatic heterocycles. The quantitative estimate of drug-likeness (QED) is 0.541. The van der Waals surface area contributed by atoms with Crippen molar-refractivity contribution in [3.05, 3.63) is 40.3 Å². The molecule has 0 saturated carbocycles. The standard InChI is InChI=1S/C25H35N3O3/c1-2-3-4-5-6-7-10-15-27-18-13-14-19(27)17-20(16-18)28-22-12-9-8-11-21(22)26-23(24(28)29)25(30)31/h8-9,11-12,18-20H,2-7,10,13-17H2,1H3,(H,30,31)/t18-,19+,20?. The van der Waals surface area contributed by atoms with Crippen molar-refractivity contribution in [3.63, 3.8) is 0 Å². The Bertz CT molecular complexity index is 956. The highest BCUT2D eigenvalue weighted by Gasteiger charge is 2.41. The fourth-order valence-corrected chi connectivity index (χ4v) is 5.73. The summed E-state index contributed by atoms with van der Waals surface area (Å²) in [7, 11) is 0.